The van der Waals surface area contributed by atoms with E-state index in [-0.39, 0.29) is 29.4 Å². The lowest BCUT2D eigenvalue weighted by Gasteiger charge is -2.37. The van der Waals surface area contributed by atoms with Gasteiger partial charge in [0.2, 0.25) is 5.91 Å². The molecule has 6 nitrogen and oxygen atoms in total. The lowest BCUT2D eigenvalue weighted by atomic mass is 9.98. The lowest BCUT2D eigenvalue weighted by Crippen LogP contribution is -2.51. The number of rotatable bonds is 4. The maximum atomic E-state index is 12.8. The number of amides is 2. The van der Waals surface area contributed by atoms with E-state index in [1.807, 2.05) is 18.2 Å². The summed E-state index contributed by atoms with van der Waals surface area (Å²) in [5, 5.41) is 2.91. The molecule has 0 radical (unpaired) electrons. The van der Waals surface area contributed by atoms with Crippen LogP contribution in [0.15, 0.2) is 30.3 Å². The third-order valence-electron chi connectivity index (χ3n) is 5.03. The van der Waals surface area contributed by atoms with Gasteiger partial charge in [0.15, 0.2) is 9.84 Å². The first-order valence-corrected chi connectivity index (χ1v) is 10.6. The van der Waals surface area contributed by atoms with E-state index in [9.17, 15) is 18.0 Å². The Hall–Kier alpha value is -1.89. The Bertz CT molecular complexity index is 733. The standard InChI is InChI=1S/C18H24N2O4S/c21-17(14-6-2-1-3-7-14)19-12-16-8-4-5-10-20(16)18(22)15-9-11-25(23,24)13-15/h1-3,6-7,15-16H,4-5,8-13H2,(H,19,21)/t15-,16+/m1/s1. The SMILES string of the molecule is O=C(NC[C@@H]1CCCCN1C(=O)[C@@H]1CCS(=O)(=O)C1)c1ccccc1. The fourth-order valence-electron chi connectivity index (χ4n) is 3.63. The molecule has 2 heterocycles. The van der Waals surface area contributed by atoms with Crippen LogP contribution in [0.4, 0.5) is 0 Å². The van der Waals surface area contributed by atoms with Crippen molar-refractivity contribution in [2.75, 3.05) is 24.6 Å². The summed E-state index contributed by atoms with van der Waals surface area (Å²) in [4.78, 5) is 26.8. The average Bonchev–Trinajstić information content (AvgIpc) is 3.00. The molecule has 2 aliphatic heterocycles. The van der Waals surface area contributed by atoms with Crippen molar-refractivity contribution in [3.63, 3.8) is 0 Å². The molecule has 2 amide bonds. The van der Waals surface area contributed by atoms with Crippen LogP contribution in [-0.2, 0) is 14.6 Å². The van der Waals surface area contributed by atoms with E-state index < -0.39 is 15.8 Å². The fourth-order valence-corrected chi connectivity index (χ4v) is 5.36. The second-order valence-corrected chi connectivity index (χ2v) is 9.09. The van der Waals surface area contributed by atoms with Gasteiger partial charge in [0.05, 0.1) is 17.4 Å². The highest BCUT2D eigenvalue weighted by atomic mass is 32.2. The molecule has 2 saturated heterocycles. The number of nitrogens with one attached hydrogen (secondary N) is 1. The number of carbonyl (C=O) groups is 2. The highest BCUT2D eigenvalue weighted by molar-refractivity contribution is 7.91. The first-order valence-electron chi connectivity index (χ1n) is 8.80. The number of hydrogen-bond donors (Lipinski definition) is 1. The molecule has 0 spiro atoms. The zero-order valence-electron chi connectivity index (χ0n) is 14.2. The molecule has 2 atom stereocenters. The van der Waals surface area contributed by atoms with Crippen molar-refractivity contribution in [2.24, 2.45) is 5.92 Å². The normalized spacial score (nSPS) is 25.5. The molecule has 136 valence electrons. The monoisotopic (exact) mass is 364 g/mol. The van der Waals surface area contributed by atoms with Crippen LogP contribution in [0.5, 0.6) is 0 Å². The minimum atomic E-state index is -3.08. The van der Waals surface area contributed by atoms with Gasteiger partial charge in [-0.2, -0.15) is 0 Å². The topological polar surface area (TPSA) is 83.6 Å². The van der Waals surface area contributed by atoms with Gasteiger partial charge in [0.1, 0.15) is 0 Å². The van der Waals surface area contributed by atoms with Crippen molar-refractivity contribution in [1.29, 1.82) is 0 Å². The number of sulfone groups is 1. The van der Waals surface area contributed by atoms with Gasteiger partial charge in [0, 0.05) is 24.7 Å². The summed E-state index contributed by atoms with van der Waals surface area (Å²) >= 11 is 0. The van der Waals surface area contributed by atoms with Crippen LogP contribution in [0, 0.1) is 5.92 Å². The third kappa shape index (κ3) is 4.39. The molecule has 1 N–H and O–H groups in total. The average molecular weight is 364 g/mol. The Labute approximate surface area is 148 Å². The zero-order valence-corrected chi connectivity index (χ0v) is 15.0. The van der Waals surface area contributed by atoms with Gasteiger partial charge in [-0.15, -0.1) is 0 Å². The van der Waals surface area contributed by atoms with E-state index in [1.54, 1.807) is 17.0 Å². The van der Waals surface area contributed by atoms with E-state index in [0.29, 0.717) is 25.1 Å². The molecular weight excluding hydrogens is 340 g/mol. The maximum absolute atomic E-state index is 12.8. The van der Waals surface area contributed by atoms with Crippen LogP contribution >= 0.6 is 0 Å². The number of piperidine rings is 1. The Kier molecular flexibility index (Phi) is 5.42. The van der Waals surface area contributed by atoms with Crippen LogP contribution in [0.1, 0.15) is 36.0 Å². The number of hydrogen-bond acceptors (Lipinski definition) is 4. The van der Waals surface area contributed by atoms with E-state index in [2.05, 4.69) is 5.32 Å². The molecule has 0 unspecified atom stereocenters. The summed E-state index contributed by atoms with van der Waals surface area (Å²) in [5.74, 6) is -0.574. The number of likely N-dealkylation sites (tertiary alicyclic amines) is 1. The van der Waals surface area contributed by atoms with Gasteiger partial charge in [-0.3, -0.25) is 9.59 Å². The smallest absolute Gasteiger partial charge is 0.251 e. The van der Waals surface area contributed by atoms with Gasteiger partial charge in [-0.25, -0.2) is 8.42 Å². The van der Waals surface area contributed by atoms with Crippen LogP contribution < -0.4 is 5.32 Å². The molecule has 1 aromatic rings. The molecule has 2 aliphatic rings. The second kappa shape index (κ2) is 7.56. The number of nitrogens with zero attached hydrogens (tertiary/aromatic N) is 1. The van der Waals surface area contributed by atoms with Crippen molar-refractivity contribution >= 4 is 21.7 Å². The van der Waals surface area contributed by atoms with Crippen molar-refractivity contribution in [3.05, 3.63) is 35.9 Å². The third-order valence-corrected chi connectivity index (χ3v) is 6.79. The summed E-state index contributed by atoms with van der Waals surface area (Å²) < 4.78 is 23.3. The summed E-state index contributed by atoms with van der Waals surface area (Å²) in [6.07, 6.45) is 3.19. The second-order valence-electron chi connectivity index (χ2n) is 6.86. The molecule has 7 heteroatoms. The van der Waals surface area contributed by atoms with E-state index in [4.69, 9.17) is 0 Å². The van der Waals surface area contributed by atoms with Gasteiger partial charge in [0.25, 0.3) is 5.91 Å². The molecule has 0 aliphatic carbocycles. The summed E-state index contributed by atoms with van der Waals surface area (Å²) in [5.41, 5.74) is 0.595. The molecule has 0 aromatic heterocycles. The van der Waals surface area contributed by atoms with Gasteiger partial charge >= 0.3 is 0 Å². The van der Waals surface area contributed by atoms with Crippen molar-refractivity contribution < 1.29 is 18.0 Å². The summed E-state index contributed by atoms with van der Waals surface area (Å²) in [6.45, 7) is 1.04. The Morgan fingerprint density at radius 3 is 2.56 bits per heavy atom. The van der Waals surface area contributed by atoms with Crippen LogP contribution in [0.2, 0.25) is 0 Å². The lowest BCUT2D eigenvalue weighted by molar-refractivity contribution is -0.138. The molecule has 1 aromatic carbocycles. The van der Waals surface area contributed by atoms with Crippen molar-refractivity contribution in [3.8, 4) is 0 Å². The van der Waals surface area contributed by atoms with Crippen molar-refractivity contribution in [1.82, 2.24) is 10.2 Å². The van der Waals surface area contributed by atoms with Crippen molar-refractivity contribution in [2.45, 2.75) is 31.7 Å². The molecule has 25 heavy (non-hydrogen) atoms. The van der Waals surface area contributed by atoms with Crippen LogP contribution in [-0.4, -0.2) is 55.8 Å². The van der Waals surface area contributed by atoms with E-state index >= 15 is 0 Å². The first kappa shape index (κ1) is 17.9. The molecule has 0 bridgehead atoms. The Morgan fingerprint density at radius 1 is 1.12 bits per heavy atom. The number of benzene rings is 1. The Balaban J connectivity index is 1.61. The number of carbonyl (C=O) groups excluding carboxylic acids is 2. The molecule has 3 rings (SSSR count). The predicted molar refractivity (Wildman–Crippen MR) is 94.9 cm³/mol. The maximum Gasteiger partial charge on any atom is 0.251 e. The zero-order chi connectivity index (χ0) is 17.9. The predicted octanol–water partition coefficient (Wildman–Crippen LogP) is 1.23. The fraction of sp³-hybridized carbons (Fsp3) is 0.556. The van der Waals surface area contributed by atoms with E-state index in [0.717, 1.165) is 19.3 Å². The first-order chi connectivity index (χ1) is 12.0. The van der Waals surface area contributed by atoms with Gasteiger partial charge in [-0.1, -0.05) is 18.2 Å². The molecule has 0 saturated carbocycles. The van der Waals surface area contributed by atoms with Crippen LogP contribution in [0.3, 0.4) is 0 Å². The highest BCUT2D eigenvalue weighted by Crippen LogP contribution is 2.25. The summed E-state index contributed by atoms with van der Waals surface area (Å²) in [7, 11) is -3.08. The molecule has 2 fully saturated rings. The van der Waals surface area contributed by atoms with E-state index in [1.165, 1.54) is 0 Å². The molecular formula is C18H24N2O4S. The highest BCUT2D eigenvalue weighted by Gasteiger charge is 2.38. The largest absolute Gasteiger partial charge is 0.350 e. The Morgan fingerprint density at radius 2 is 1.88 bits per heavy atom. The van der Waals surface area contributed by atoms with Gasteiger partial charge < -0.3 is 10.2 Å². The summed E-state index contributed by atoms with van der Waals surface area (Å²) in [6, 6.07) is 8.92. The van der Waals surface area contributed by atoms with Gasteiger partial charge in [-0.05, 0) is 37.8 Å². The minimum absolute atomic E-state index is 0.0363. The quantitative estimate of drug-likeness (QED) is 0.871. The minimum Gasteiger partial charge on any atom is -0.350 e. The van der Waals surface area contributed by atoms with Crippen LogP contribution in [0.25, 0.3) is 0 Å².